The fourth-order valence-corrected chi connectivity index (χ4v) is 3.72. The van der Waals surface area contributed by atoms with Crippen molar-refractivity contribution in [1.29, 1.82) is 0 Å². The van der Waals surface area contributed by atoms with Gasteiger partial charge in [0.05, 0.1) is 18.6 Å². The first-order chi connectivity index (χ1) is 14.5. The lowest BCUT2D eigenvalue weighted by Gasteiger charge is -2.18. The summed E-state index contributed by atoms with van der Waals surface area (Å²) in [6, 6.07) is 0. The molecule has 0 saturated carbocycles. The largest absolute Gasteiger partial charge is 0.481 e. The van der Waals surface area contributed by atoms with Crippen LogP contribution in [0.2, 0.25) is 0 Å². The Kier molecular flexibility index (Phi) is 21.0. The van der Waals surface area contributed by atoms with E-state index in [1.54, 1.807) is 0 Å². The van der Waals surface area contributed by atoms with Gasteiger partial charge in [0.2, 0.25) is 0 Å². The van der Waals surface area contributed by atoms with Gasteiger partial charge in [-0.25, -0.2) is 0 Å². The van der Waals surface area contributed by atoms with Crippen LogP contribution in [-0.4, -0.2) is 46.8 Å². The molecule has 0 rings (SSSR count). The molecule has 0 saturated heterocycles. The number of carbonyl (C=O) groups is 1. The number of unbranched alkanes of at least 4 members (excludes halogenated alkanes) is 15. The maximum atomic E-state index is 10.9. The van der Waals surface area contributed by atoms with Crippen LogP contribution in [0.15, 0.2) is 0 Å². The lowest BCUT2D eigenvalue weighted by atomic mass is 10.0. The van der Waals surface area contributed by atoms with Crippen molar-refractivity contribution >= 4 is 5.97 Å². The Labute approximate surface area is 184 Å². The van der Waals surface area contributed by atoms with Gasteiger partial charge in [0.25, 0.3) is 0 Å². The molecule has 180 valence electrons. The van der Waals surface area contributed by atoms with Gasteiger partial charge in [-0.15, -0.1) is 0 Å². The van der Waals surface area contributed by atoms with Crippen molar-refractivity contribution in [3.63, 3.8) is 0 Å². The summed E-state index contributed by atoms with van der Waals surface area (Å²) < 4.78 is 5.41. The molecule has 0 aliphatic carbocycles. The second-order valence-electron chi connectivity index (χ2n) is 8.70. The van der Waals surface area contributed by atoms with Crippen LogP contribution in [-0.2, 0) is 9.53 Å². The predicted molar refractivity (Wildman–Crippen MR) is 122 cm³/mol. The molecule has 0 aromatic carbocycles. The van der Waals surface area contributed by atoms with Crippen molar-refractivity contribution < 1.29 is 24.9 Å². The van der Waals surface area contributed by atoms with Crippen molar-refractivity contribution in [3.8, 4) is 0 Å². The molecule has 0 aliphatic rings. The minimum Gasteiger partial charge on any atom is -0.481 e. The van der Waals surface area contributed by atoms with E-state index >= 15 is 0 Å². The van der Waals surface area contributed by atoms with Crippen LogP contribution in [0, 0.1) is 5.92 Å². The van der Waals surface area contributed by atoms with Gasteiger partial charge in [-0.3, -0.25) is 4.79 Å². The molecule has 0 aliphatic heterocycles. The highest BCUT2D eigenvalue weighted by atomic mass is 16.5. The summed E-state index contributed by atoms with van der Waals surface area (Å²) in [6.07, 6.45) is 18.7. The number of nitrogens with two attached hydrogens (primary N) is 1. The molecule has 0 spiro atoms. The fourth-order valence-electron chi connectivity index (χ4n) is 3.72. The van der Waals surface area contributed by atoms with Gasteiger partial charge in [0.15, 0.2) is 0 Å². The SMILES string of the molecule is CCCCCCCCCCCCCCCCCCOCC(O)CC(C(=O)O)C(N)O. The van der Waals surface area contributed by atoms with E-state index in [4.69, 9.17) is 15.6 Å². The number of aliphatic carboxylic acids is 1. The van der Waals surface area contributed by atoms with E-state index in [9.17, 15) is 15.0 Å². The van der Waals surface area contributed by atoms with Crippen molar-refractivity contribution in [2.45, 2.75) is 128 Å². The Morgan fingerprint density at radius 1 is 0.767 bits per heavy atom. The maximum Gasteiger partial charge on any atom is 0.310 e. The Bertz CT molecular complexity index is 379. The van der Waals surface area contributed by atoms with E-state index in [1.807, 2.05) is 0 Å². The summed E-state index contributed by atoms with van der Waals surface area (Å²) in [4.78, 5) is 10.9. The van der Waals surface area contributed by atoms with E-state index in [0.717, 1.165) is 12.8 Å². The molecule has 6 heteroatoms. The van der Waals surface area contributed by atoms with Crippen LogP contribution in [0.25, 0.3) is 0 Å². The van der Waals surface area contributed by atoms with Gasteiger partial charge < -0.3 is 25.8 Å². The summed E-state index contributed by atoms with van der Waals surface area (Å²) in [6.45, 7) is 2.91. The third-order valence-electron chi connectivity index (χ3n) is 5.71. The first kappa shape index (κ1) is 29.3. The first-order valence-corrected chi connectivity index (χ1v) is 12.4. The van der Waals surface area contributed by atoms with Gasteiger partial charge in [-0.05, 0) is 12.8 Å². The van der Waals surface area contributed by atoms with Crippen molar-refractivity contribution in [2.75, 3.05) is 13.2 Å². The van der Waals surface area contributed by atoms with Gasteiger partial charge in [-0.1, -0.05) is 103 Å². The maximum absolute atomic E-state index is 10.9. The van der Waals surface area contributed by atoms with E-state index < -0.39 is 24.2 Å². The van der Waals surface area contributed by atoms with E-state index in [-0.39, 0.29) is 13.0 Å². The molecule has 0 radical (unpaired) electrons. The number of aliphatic hydroxyl groups is 2. The van der Waals surface area contributed by atoms with Crippen molar-refractivity contribution in [1.82, 2.24) is 0 Å². The Morgan fingerprint density at radius 2 is 1.17 bits per heavy atom. The molecular formula is C24H49NO5. The highest BCUT2D eigenvalue weighted by Crippen LogP contribution is 2.14. The summed E-state index contributed by atoms with van der Waals surface area (Å²) in [5, 5.41) is 27.9. The highest BCUT2D eigenvalue weighted by Gasteiger charge is 2.26. The summed E-state index contributed by atoms with van der Waals surface area (Å²) >= 11 is 0. The molecule has 30 heavy (non-hydrogen) atoms. The van der Waals surface area contributed by atoms with Crippen molar-refractivity contribution in [2.24, 2.45) is 11.7 Å². The smallest absolute Gasteiger partial charge is 0.310 e. The lowest BCUT2D eigenvalue weighted by molar-refractivity contribution is -0.147. The lowest BCUT2D eigenvalue weighted by Crippen LogP contribution is -2.38. The minimum absolute atomic E-state index is 0.0786. The third kappa shape index (κ3) is 19.3. The van der Waals surface area contributed by atoms with E-state index in [0.29, 0.717) is 6.61 Å². The molecule has 0 heterocycles. The topological polar surface area (TPSA) is 113 Å². The Hall–Kier alpha value is -0.690. The van der Waals surface area contributed by atoms with Gasteiger partial charge in [0.1, 0.15) is 6.23 Å². The standard InChI is InChI=1S/C24H49NO5/c1-2-3-4-5-6-7-8-9-10-11-12-13-14-15-16-17-18-30-20-21(26)19-22(23(25)27)24(28)29/h21-23,26-27H,2-20,25H2,1H3,(H,28,29). The van der Waals surface area contributed by atoms with Crippen LogP contribution >= 0.6 is 0 Å². The molecule has 0 fully saturated rings. The number of carboxylic acid groups (broad SMARTS) is 1. The molecule has 0 bridgehead atoms. The van der Waals surface area contributed by atoms with Crippen molar-refractivity contribution in [3.05, 3.63) is 0 Å². The third-order valence-corrected chi connectivity index (χ3v) is 5.71. The average Bonchev–Trinajstić information content (AvgIpc) is 2.70. The molecule has 5 N–H and O–H groups in total. The molecule has 0 aromatic heterocycles. The first-order valence-electron chi connectivity index (χ1n) is 12.4. The summed E-state index contributed by atoms with van der Waals surface area (Å²) in [5.41, 5.74) is 5.21. The molecular weight excluding hydrogens is 382 g/mol. The number of rotatable bonds is 23. The molecule has 6 nitrogen and oxygen atoms in total. The zero-order valence-corrected chi connectivity index (χ0v) is 19.4. The molecule has 3 atom stereocenters. The number of aliphatic hydroxyl groups excluding tert-OH is 2. The quantitative estimate of drug-likeness (QED) is 0.134. The second kappa shape index (κ2) is 21.5. The average molecular weight is 432 g/mol. The number of ether oxygens (including phenoxy) is 1. The van der Waals surface area contributed by atoms with Crippen LogP contribution in [0.1, 0.15) is 116 Å². The molecule has 0 aromatic rings. The van der Waals surface area contributed by atoms with Crippen LogP contribution in [0.5, 0.6) is 0 Å². The number of hydrogen-bond acceptors (Lipinski definition) is 5. The fraction of sp³-hybridized carbons (Fsp3) is 0.958. The number of hydrogen-bond donors (Lipinski definition) is 4. The molecule has 3 unspecified atom stereocenters. The normalized spacial score (nSPS) is 14.5. The van der Waals surface area contributed by atoms with Gasteiger partial charge in [0, 0.05) is 6.61 Å². The Balaban J connectivity index is 3.29. The van der Waals surface area contributed by atoms with E-state index in [1.165, 1.54) is 89.9 Å². The van der Waals surface area contributed by atoms with E-state index in [2.05, 4.69) is 6.92 Å². The van der Waals surface area contributed by atoms with Crippen LogP contribution in [0.4, 0.5) is 0 Å². The summed E-state index contributed by atoms with van der Waals surface area (Å²) in [7, 11) is 0. The van der Waals surface area contributed by atoms with Crippen LogP contribution < -0.4 is 5.73 Å². The monoisotopic (exact) mass is 431 g/mol. The summed E-state index contributed by atoms with van der Waals surface area (Å²) in [5.74, 6) is -2.37. The number of carboxylic acids is 1. The van der Waals surface area contributed by atoms with Gasteiger partial charge >= 0.3 is 5.97 Å². The minimum atomic E-state index is -1.47. The zero-order chi connectivity index (χ0) is 22.5. The predicted octanol–water partition coefficient (Wildman–Crippen LogP) is 4.99. The zero-order valence-electron chi connectivity index (χ0n) is 19.4. The van der Waals surface area contributed by atoms with Gasteiger partial charge in [-0.2, -0.15) is 0 Å². The van der Waals surface area contributed by atoms with Crippen LogP contribution in [0.3, 0.4) is 0 Å². The highest BCUT2D eigenvalue weighted by molar-refractivity contribution is 5.70. The second-order valence-corrected chi connectivity index (χ2v) is 8.70. The molecule has 0 amide bonds. The Morgan fingerprint density at radius 3 is 1.53 bits per heavy atom.